The van der Waals surface area contributed by atoms with Crippen molar-refractivity contribution in [2.45, 2.75) is 50.1 Å². The van der Waals surface area contributed by atoms with Crippen LogP contribution in [0.3, 0.4) is 0 Å². The van der Waals surface area contributed by atoms with E-state index in [0.29, 0.717) is 12.6 Å². The standard InChI is InChI=1S/C24H29ClN4.ClH/c25-20-8-4-7-19(14-20)24(17-26)11-9-21(10-12-24)27-15-22-16-28-23(29-22)13-18-5-2-1-3-6-18;/h1-8,14,16,21,27H,9-13,15,17,26H2,(H,28,29);1H/t21-,24-;. The Morgan fingerprint density at radius 3 is 2.57 bits per heavy atom. The minimum Gasteiger partial charge on any atom is -0.345 e. The molecule has 1 saturated carbocycles. The first-order chi connectivity index (χ1) is 14.2. The van der Waals surface area contributed by atoms with Crippen LogP contribution in [0.4, 0.5) is 0 Å². The number of H-pyrrole nitrogens is 1. The third-order valence-electron chi connectivity index (χ3n) is 6.25. The van der Waals surface area contributed by atoms with Crippen LogP contribution in [-0.2, 0) is 18.4 Å². The van der Waals surface area contributed by atoms with E-state index in [1.807, 2.05) is 24.4 Å². The summed E-state index contributed by atoms with van der Waals surface area (Å²) in [6.07, 6.45) is 7.20. The van der Waals surface area contributed by atoms with Crippen LogP contribution in [-0.4, -0.2) is 22.6 Å². The number of hydrogen-bond acceptors (Lipinski definition) is 3. The van der Waals surface area contributed by atoms with Crippen molar-refractivity contribution >= 4 is 24.0 Å². The second-order valence-electron chi connectivity index (χ2n) is 8.17. The Balaban J connectivity index is 0.00000256. The normalized spacial score (nSPS) is 21.2. The van der Waals surface area contributed by atoms with E-state index in [-0.39, 0.29) is 17.8 Å². The third-order valence-corrected chi connectivity index (χ3v) is 6.48. The number of aromatic amines is 1. The zero-order valence-electron chi connectivity index (χ0n) is 17.1. The van der Waals surface area contributed by atoms with Crippen LogP contribution in [0.2, 0.25) is 5.02 Å². The lowest BCUT2D eigenvalue weighted by Crippen LogP contribution is -2.43. The van der Waals surface area contributed by atoms with Crippen LogP contribution in [0.25, 0.3) is 0 Å². The monoisotopic (exact) mass is 444 g/mol. The molecular weight excluding hydrogens is 415 g/mol. The topological polar surface area (TPSA) is 66.7 Å². The Morgan fingerprint density at radius 2 is 1.87 bits per heavy atom. The second-order valence-corrected chi connectivity index (χ2v) is 8.60. The number of imidazole rings is 1. The summed E-state index contributed by atoms with van der Waals surface area (Å²) in [6.45, 7) is 1.49. The van der Waals surface area contributed by atoms with Crippen LogP contribution < -0.4 is 11.1 Å². The van der Waals surface area contributed by atoms with Gasteiger partial charge in [-0.15, -0.1) is 12.4 Å². The summed E-state index contributed by atoms with van der Waals surface area (Å²) < 4.78 is 0. The van der Waals surface area contributed by atoms with Crippen molar-refractivity contribution in [2.24, 2.45) is 5.73 Å². The van der Waals surface area contributed by atoms with Gasteiger partial charge >= 0.3 is 0 Å². The molecule has 0 unspecified atom stereocenters. The predicted octanol–water partition coefficient (Wildman–Crippen LogP) is 5.00. The lowest BCUT2D eigenvalue weighted by molar-refractivity contribution is 0.250. The van der Waals surface area contributed by atoms with Gasteiger partial charge in [0.2, 0.25) is 0 Å². The van der Waals surface area contributed by atoms with Gasteiger partial charge < -0.3 is 16.0 Å². The van der Waals surface area contributed by atoms with Crippen molar-refractivity contribution in [3.05, 3.63) is 88.5 Å². The molecule has 0 atom stereocenters. The van der Waals surface area contributed by atoms with Gasteiger partial charge in [0.25, 0.3) is 0 Å². The molecule has 30 heavy (non-hydrogen) atoms. The summed E-state index contributed by atoms with van der Waals surface area (Å²) in [5, 5.41) is 4.49. The number of nitrogens with one attached hydrogen (secondary N) is 2. The molecular formula is C24H30Cl2N4. The summed E-state index contributed by atoms with van der Waals surface area (Å²) in [5.74, 6) is 1.01. The van der Waals surface area contributed by atoms with Crippen LogP contribution in [0.5, 0.6) is 0 Å². The second kappa shape index (κ2) is 10.5. The van der Waals surface area contributed by atoms with Gasteiger partial charge in [0.15, 0.2) is 0 Å². The molecule has 1 heterocycles. The van der Waals surface area contributed by atoms with Gasteiger partial charge in [0.05, 0.1) is 0 Å². The number of hydrogen-bond donors (Lipinski definition) is 3. The minimum atomic E-state index is 0. The fourth-order valence-corrected chi connectivity index (χ4v) is 4.62. The van der Waals surface area contributed by atoms with E-state index in [1.54, 1.807) is 0 Å². The van der Waals surface area contributed by atoms with Crippen molar-refractivity contribution in [1.82, 2.24) is 15.3 Å². The number of aromatic nitrogens is 2. The summed E-state index contributed by atoms with van der Waals surface area (Å²) >= 11 is 6.22. The van der Waals surface area contributed by atoms with E-state index >= 15 is 0 Å². The summed E-state index contributed by atoms with van der Waals surface area (Å²) in [4.78, 5) is 7.99. The molecule has 0 radical (unpaired) electrons. The minimum absolute atomic E-state index is 0. The Kier molecular flexibility index (Phi) is 7.95. The first-order valence-electron chi connectivity index (χ1n) is 10.4. The molecule has 0 bridgehead atoms. The maximum absolute atomic E-state index is 6.22. The predicted molar refractivity (Wildman–Crippen MR) is 126 cm³/mol. The molecule has 3 aromatic rings. The fraction of sp³-hybridized carbons (Fsp3) is 0.375. The SMILES string of the molecule is Cl.NC[C@]1(c2cccc(Cl)c2)CC[C@H](NCc2cnc(Cc3ccccc3)[nH]2)CC1. The van der Waals surface area contributed by atoms with Crippen molar-refractivity contribution in [3.8, 4) is 0 Å². The van der Waals surface area contributed by atoms with E-state index in [4.69, 9.17) is 17.3 Å². The van der Waals surface area contributed by atoms with Crippen LogP contribution >= 0.6 is 24.0 Å². The first-order valence-corrected chi connectivity index (χ1v) is 10.8. The Bertz CT molecular complexity index is 918. The average Bonchev–Trinajstić information content (AvgIpc) is 3.21. The van der Waals surface area contributed by atoms with Gasteiger partial charge in [-0.25, -0.2) is 4.98 Å². The largest absolute Gasteiger partial charge is 0.345 e. The molecule has 1 aliphatic carbocycles. The van der Waals surface area contributed by atoms with Gasteiger partial charge in [-0.2, -0.15) is 0 Å². The molecule has 0 spiro atoms. The van der Waals surface area contributed by atoms with E-state index in [1.165, 1.54) is 11.1 Å². The quantitative estimate of drug-likeness (QED) is 0.479. The molecule has 6 heteroatoms. The maximum Gasteiger partial charge on any atom is 0.110 e. The highest BCUT2D eigenvalue weighted by molar-refractivity contribution is 6.30. The average molecular weight is 445 g/mol. The van der Waals surface area contributed by atoms with Crippen molar-refractivity contribution in [1.29, 1.82) is 0 Å². The summed E-state index contributed by atoms with van der Waals surface area (Å²) in [6, 6.07) is 19.2. The van der Waals surface area contributed by atoms with Crippen LogP contribution in [0, 0.1) is 0 Å². The lowest BCUT2D eigenvalue weighted by Gasteiger charge is -2.40. The van der Waals surface area contributed by atoms with Gasteiger partial charge in [-0.3, -0.25) is 0 Å². The number of halogens is 2. The Morgan fingerprint density at radius 1 is 1.10 bits per heavy atom. The van der Waals surface area contributed by atoms with E-state index in [2.05, 4.69) is 51.7 Å². The van der Waals surface area contributed by atoms with E-state index in [9.17, 15) is 0 Å². The molecule has 160 valence electrons. The van der Waals surface area contributed by atoms with E-state index in [0.717, 1.165) is 55.2 Å². The molecule has 4 nitrogen and oxygen atoms in total. The lowest BCUT2D eigenvalue weighted by atomic mass is 9.68. The first kappa shape index (κ1) is 22.8. The summed E-state index contributed by atoms with van der Waals surface area (Å²) in [7, 11) is 0. The molecule has 4 N–H and O–H groups in total. The van der Waals surface area contributed by atoms with Crippen LogP contribution in [0.15, 0.2) is 60.8 Å². The van der Waals surface area contributed by atoms with Crippen LogP contribution in [0.1, 0.15) is 48.3 Å². The maximum atomic E-state index is 6.22. The molecule has 1 aromatic heterocycles. The fourth-order valence-electron chi connectivity index (χ4n) is 4.43. The van der Waals surface area contributed by atoms with Gasteiger partial charge in [-0.1, -0.05) is 54.1 Å². The molecule has 0 aliphatic heterocycles. The third kappa shape index (κ3) is 5.44. The number of nitrogens with zero attached hydrogens (tertiary/aromatic N) is 1. The highest BCUT2D eigenvalue weighted by Crippen LogP contribution is 2.39. The van der Waals surface area contributed by atoms with E-state index < -0.39 is 0 Å². The molecule has 2 aromatic carbocycles. The van der Waals surface area contributed by atoms with Crippen molar-refractivity contribution in [3.63, 3.8) is 0 Å². The number of rotatable bonds is 7. The van der Waals surface area contributed by atoms with Crippen molar-refractivity contribution in [2.75, 3.05) is 6.54 Å². The summed E-state index contributed by atoms with van der Waals surface area (Å²) in [5.41, 5.74) is 9.97. The van der Waals surface area contributed by atoms with Gasteiger partial charge in [-0.05, 0) is 48.9 Å². The zero-order valence-corrected chi connectivity index (χ0v) is 18.7. The molecule has 0 saturated heterocycles. The Labute approximate surface area is 190 Å². The Hall–Kier alpha value is -1.85. The number of nitrogens with two attached hydrogens (primary N) is 1. The molecule has 1 fully saturated rings. The smallest absolute Gasteiger partial charge is 0.110 e. The van der Waals surface area contributed by atoms with Gasteiger partial charge in [0.1, 0.15) is 5.82 Å². The van der Waals surface area contributed by atoms with Gasteiger partial charge in [0, 0.05) is 47.9 Å². The molecule has 1 aliphatic rings. The number of benzene rings is 2. The van der Waals surface area contributed by atoms with Crippen molar-refractivity contribution < 1.29 is 0 Å². The highest BCUT2D eigenvalue weighted by Gasteiger charge is 2.35. The zero-order chi connectivity index (χ0) is 20.1. The molecule has 0 amide bonds. The molecule has 4 rings (SSSR count). The highest BCUT2D eigenvalue weighted by atomic mass is 35.5.